The first-order valence-electron chi connectivity index (χ1n) is 2.42. The van der Waals surface area contributed by atoms with E-state index >= 15 is 0 Å². The van der Waals surface area contributed by atoms with Gasteiger partial charge in [-0.15, -0.1) is 0 Å². The highest BCUT2D eigenvalue weighted by Gasteiger charge is 2.18. The van der Waals surface area contributed by atoms with Crippen LogP contribution < -0.4 is 11.1 Å². The summed E-state index contributed by atoms with van der Waals surface area (Å²) in [5.74, 6) is 0. The minimum atomic E-state index is -0.713. The molecule has 42 valence electrons. The SMILES string of the molecule is NC1CC(F)CN1. The molecule has 7 heavy (non-hydrogen) atoms. The van der Waals surface area contributed by atoms with Crippen LogP contribution in [0.5, 0.6) is 0 Å². The molecule has 1 heterocycles. The average molecular weight is 104 g/mol. The lowest BCUT2D eigenvalue weighted by atomic mass is 10.3. The molecule has 3 N–H and O–H groups in total. The van der Waals surface area contributed by atoms with Crippen LogP contribution in [0, 0.1) is 0 Å². The summed E-state index contributed by atoms with van der Waals surface area (Å²) in [6.45, 7) is 0.432. The van der Waals surface area contributed by atoms with E-state index in [1.165, 1.54) is 0 Å². The number of hydrogen-bond donors (Lipinski definition) is 2. The van der Waals surface area contributed by atoms with Crippen LogP contribution in [-0.4, -0.2) is 18.9 Å². The summed E-state index contributed by atoms with van der Waals surface area (Å²) in [5, 5.41) is 2.77. The smallest absolute Gasteiger partial charge is 0.115 e. The third-order valence-corrected chi connectivity index (χ3v) is 1.11. The highest BCUT2D eigenvalue weighted by atomic mass is 19.1. The maximum Gasteiger partial charge on any atom is 0.115 e. The van der Waals surface area contributed by atoms with Crippen molar-refractivity contribution in [1.29, 1.82) is 0 Å². The van der Waals surface area contributed by atoms with Gasteiger partial charge >= 0.3 is 0 Å². The average Bonchev–Trinajstić information content (AvgIpc) is 1.87. The molecule has 2 nitrogen and oxygen atoms in total. The van der Waals surface area contributed by atoms with Gasteiger partial charge in [0.1, 0.15) is 6.17 Å². The fourth-order valence-electron chi connectivity index (χ4n) is 0.721. The summed E-state index contributed by atoms with van der Waals surface area (Å²) in [5.41, 5.74) is 5.27. The Morgan fingerprint density at radius 3 is 2.57 bits per heavy atom. The molecule has 1 aliphatic heterocycles. The molecule has 1 fully saturated rings. The lowest BCUT2D eigenvalue weighted by Crippen LogP contribution is -2.30. The Kier molecular flexibility index (Phi) is 1.25. The Hall–Kier alpha value is -0.150. The van der Waals surface area contributed by atoms with Crippen LogP contribution in [0.4, 0.5) is 4.39 Å². The maximum absolute atomic E-state index is 12.0. The van der Waals surface area contributed by atoms with Crippen molar-refractivity contribution in [2.24, 2.45) is 5.73 Å². The molecule has 0 saturated carbocycles. The summed E-state index contributed by atoms with van der Waals surface area (Å²) >= 11 is 0. The van der Waals surface area contributed by atoms with Gasteiger partial charge in [0.05, 0.1) is 6.17 Å². The first kappa shape index (κ1) is 5.00. The predicted octanol–water partition coefficient (Wildman–Crippen LogP) is -0.397. The van der Waals surface area contributed by atoms with Crippen molar-refractivity contribution in [3.8, 4) is 0 Å². The molecule has 0 aromatic heterocycles. The van der Waals surface area contributed by atoms with E-state index in [1.54, 1.807) is 0 Å². The van der Waals surface area contributed by atoms with Crippen molar-refractivity contribution in [2.75, 3.05) is 6.54 Å². The predicted molar refractivity (Wildman–Crippen MR) is 25.5 cm³/mol. The van der Waals surface area contributed by atoms with Crippen LogP contribution in [0.3, 0.4) is 0 Å². The number of nitrogens with one attached hydrogen (secondary N) is 1. The molecular formula is C4H9FN2. The fraction of sp³-hybridized carbons (Fsp3) is 1.00. The molecule has 0 radical (unpaired) electrons. The van der Waals surface area contributed by atoms with Gasteiger partial charge in [0.15, 0.2) is 0 Å². The van der Waals surface area contributed by atoms with E-state index in [4.69, 9.17) is 5.73 Å². The van der Waals surface area contributed by atoms with Gasteiger partial charge in [0.25, 0.3) is 0 Å². The Balaban J connectivity index is 2.26. The van der Waals surface area contributed by atoms with Gasteiger partial charge in [0, 0.05) is 13.0 Å². The number of rotatable bonds is 0. The molecule has 2 atom stereocenters. The second-order valence-corrected chi connectivity index (χ2v) is 1.85. The van der Waals surface area contributed by atoms with E-state index in [1.807, 2.05) is 0 Å². The van der Waals surface area contributed by atoms with Gasteiger partial charge in [0.2, 0.25) is 0 Å². The molecule has 0 amide bonds. The summed E-state index contributed by atoms with van der Waals surface area (Å²) in [6.07, 6.45) is -0.343. The van der Waals surface area contributed by atoms with Gasteiger partial charge in [-0.1, -0.05) is 0 Å². The lowest BCUT2D eigenvalue weighted by Gasteiger charge is -1.95. The Bertz CT molecular complexity index is 58.7. The molecule has 1 saturated heterocycles. The monoisotopic (exact) mass is 104 g/mol. The number of nitrogens with two attached hydrogens (primary N) is 1. The van der Waals surface area contributed by atoms with Crippen LogP contribution >= 0.6 is 0 Å². The number of alkyl halides is 1. The van der Waals surface area contributed by atoms with E-state index in [9.17, 15) is 4.39 Å². The fourth-order valence-corrected chi connectivity index (χ4v) is 0.721. The van der Waals surface area contributed by atoms with Crippen molar-refractivity contribution < 1.29 is 4.39 Å². The zero-order chi connectivity index (χ0) is 5.28. The molecule has 0 aromatic carbocycles. The van der Waals surface area contributed by atoms with Crippen molar-refractivity contribution in [2.45, 2.75) is 18.8 Å². The molecule has 0 aromatic rings. The standard InChI is InChI=1S/C4H9FN2/c5-3-1-4(6)7-2-3/h3-4,7H,1-2,6H2. The van der Waals surface area contributed by atoms with Crippen LogP contribution in [0.1, 0.15) is 6.42 Å². The molecular weight excluding hydrogens is 95.1 g/mol. The zero-order valence-electron chi connectivity index (χ0n) is 4.02. The minimum absolute atomic E-state index is 0.102. The largest absolute Gasteiger partial charge is 0.316 e. The summed E-state index contributed by atoms with van der Waals surface area (Å²) in [6, 6.07) is 0. The quantitative estimate of drug-likeness (QED) is 0.439. The zero-order valence-corrected chi connectivity index (χ0v) is 4.02. The second-order valence-electron chi connectivity index (χ2n) is 1.85. The van der Waals surface area contributed by atoms with Gasteiger partial charge < -0.3 is 5.73 Å². The summed E-state index contributed by atoms with van der Waals surface area (Å²) in [4.78, 5) is 0. The van der Waals surface area contributed by atoms with E-state index in [0.29, 0.717) is 13.0 Å². The molecule has 1 aliphatic rings. The lowest BCUT2D eigenvalue weighted by molar-refractivity contribution is 0.356. The molecule has 0 aliphatic carbocycles. The van der Waals surface area contributed by atoms with Crippen molar-refractivity contribution in [3.05, 3.63) is 0 Å². The third-order valence-electron chi connectivity index (χ3n) is 1.11. The summed E-state index contributed by atoms with van der Waals surface area (Å²) in [7, 11) is 0. The van der Waals surface area contributed by atoms with Gasteiger partial charge in [-0.2, -0.15) is 0 Å². The van der Waals surface area contributed by atoms with Crippen LogP contribution in [0.2, 0.25) is 0 Å². The van der Waals surface area contributed by atoms with Crippen LogP contribution in [0.15, 0.2) is 0 Å². The van der Waals surface area contributed by atoms with E-state index in [0.717, 1.165) is 0 Å². The molecule has 1 rings (SSSR count). The Morgan fingerprint density at radius 2 is 2.43 bits per heavy atom. The topological polar surface area (TPSA) is 38.0 Å². The van der Waals surface area contributed by atoms with E-state index < -0.39 is 6.17 Å². The second kappa shape index (κ2) is 1.76. The Labute approximate surface area is 41.9 Å². The Morgan fingerprint density at radius 1 is 1.71 bits per heavy atom. The highest BCUT2D eigenvalue weighted by molar-refractivity contribution is 4.75. The third kappa shape index (κ3) is 1.11. The maximum atomic E-state index is 12.0. The highest BCUT2D eigenvalue weighted by Crippen LogP contribution is 2.04. The normalized spacial score (nSPS) is 42.0. The number of hydrogen-bond acceptors (Lipinski definition) is 2. The molecule has 0 bridgehead atoms. The van der Waals surface area contributed by atoms with E-state index in [2.05, 4.69) is 5.32 Å². The van der Waals surface area contributed by atoms with E-state index in [-0.39, 0.29) is 6.17 Å². The summed E-state index contributed by atoms with van der Waals surface area (Å²) < 4.78 is 12.0. The van der Waals surface area contributed by atoms with Crippen molar-refractivity contribution in [3.63, 3.8) is 0 Å². The first-order valence-corrected chi connectivity index (χ1v) is 2.42. The van der Waals surface area contributed by atoms with Crippen LogP contribution in [0.25, 0.3) is 0 Å². The molecule has 2 unspecified atom stereocenters. The van der Waals surface area contributed by atoms with Gasteiger partial charge in [-0.25, -0.2) is 4.39 Å². The van der Waals surface area contributed by atoms with Crippen LogP contribution in [-0.2, 0) is 0 Å². The molecule has 0 spiro atoms. The van der Waals surface area contributed by atoms with Crippen molar-refractivity contribution >= 4 is 0 Å². The number of halogens is 1. The molecule has 3 heteroatoms. The first-order chi connectivity index (χ1) is 3.29. The van der Waals surface area contributed by atoms with Gasteiger partial charge in [-0.3, -0.25) is 5.32 Å². The van der Waals surface area contributed by atoms with Gasteiger partial charge in [-0.05, 0) is 0 Å². The minimum Gasteiger partial charge on any atom is -0.316 e. The van der Waals surface area contributed by atoms with Crippen molar-refractivity contribution in [1.82, 2.24) is 5.32 Å².